The van der Waals surface area contributed by atoms with Gasteiger partial charge in [0.05, 0.1) is 12.5 Å². The average molecular weight is 236 g/mol. The summed E-state index contributed by atoms with van der Waals surface area (Å²) >= 11 is 0. The van der Waals surface area contributed by atoms with Gasteiger partial charge >= 0.3 is 5.97 Å². The van der Waals surface area contributed by atoms with Crippen LogP contribution in [0.1, 0.15) is 24.9 Å². The van der Waals surface area contributed by atoms with Gasteiger partial charge in [0.25, 0.3) is 0 Å². The standard InChI is InChI=1S/C12H16N2O3/c1-8(15)14-11(7-12(16)17)9-4-3-5-10(6-9)13-2/h3-6,11,13H,7H2,1-2H3,(H,14,15)(H,16,17). The van der Waals surface area contributed by atoms with Gasteiger partial charge in [0.15, 0.2) is 0 Å². The molecule has 3 N–H and O–H groups in total. The zero-order valence-electron chi connectivity index (χ0n) is 9.86. The topological polar surface area (TPSA) is 78.4 Å². The lowest BCUT2D eigenvalue weighted by molar-refractivity contribution is -0.137. The normalized spacial score (nSPS) is 11.6. The first-order chi connectivity index (χ1) is 8.02. The zero-order chi connectivity index (χ0) is 12.8. The Labute approximate surface area is 99.8 Å². The molecule has 17 heavy (non-hydrogen) atoms. The first kappa shape index (κ1) is 13.0. The van der Waals surface area contributed by atoms with Gasteiger partial charge in [0.2, 0.25) is 5.91 Å². The van der Waals surface area contributed by atoms with Crippen molar-refractivity contribution in [2.45, 2.75) is 19.4 Å². The van der Waals surface area contributed by atoms with Gasteiger partial charge in [0.1, 0.15) is 0 Å². The maximum absolute atomic E-state index is 11.0. The molecule has 92 valence electrons. The Balaban J connectivity index is 2.94. The lowest BCUT2D eigenvalue weighted by Crippen LogP contribution is -2.28. The average Bonchev–Trinajstić information content (AvgIpc) is 2.27. The Bertz CT molecular complexity index is 402. The van der Waals surface area contributed by atoms with Crippen molar-refractivity contribution in [3.05, 3.63) is 29.8 Å². The van der Waals surface area contributed by atoms with E-state index in [-0.39, 0.29) is 12.3 Å². The number of anilines is 1. The van der Waals surface area contributed by atoms with E-state index in [1.807, 2.05) is 18.2 Å². The molecule has 1 aromatic rings. The van der Waals surface area contributed by atoms with Crippen molar-refractivity contribution < 1.29 is 14.7 Å². The second-order valence-electron chi connectivity index (χ2n) is 3.73. The highest BCUT2D eigenvalue weighted by molar-refractivity contribution is 5.75. The van der Waals surface area contributed by atoms with Gasteiger partial charge in [-0.15, -0.1) is 0 Å². The van der Waals surface area contributed by atoms with Crippen LogP contribution in [0.2, 0.25) is 0 Å². The van der Waals surface area contributed by atoms with E-state index in [0.29, 0.717) is 0 Å². The highest BCUT2D eigenvalue weighted by Crippen LogP contribution is 2.20. The fourth-order valence-corrected chi connectivity index (χ4v) is 1.58. The molecule has 5 nitrogen and oxygen atoms in total. The Hall–Kier alpha value is -2.04. The van der Waals surface area contributed by atoms with E-state index < -0.39 is 12.0 Å². The first-order valence-corrected chi connectivity index (χ1v) is 5.29. The van der Waals surface area contributed by atoms with E-state index in [9.17, 15) is 9.59 Å². The molecule has 1 atom stereocenters. The molecule has 1 unspecified atom stereocenters. The van der Waals surface area contributed by atoms with Gasteiger partial charge in [-0.3, -0.25) is 9.59 Å². The van der Waals surface area contributed by atoms with E-state index in [1.54, 1.807) is 13.1 Å². The van der Waals surface area contributed by atoms with Crippen LogP contribution in [-0.4, -0.2) is 24.0 Å². The molecule has 0 aliphatic heterocycles. The molecule has 0 saturated carbocycles. The quantitative estimate of drug-likeness (QED) is 0.721. The number of carboxylic acid groups (broad SMARTS) is 1. The van der Waals surface area contributed by atoms with Crippen LogP contribution in [0.5, 0.6) is 0 Å². The lowest BCUT2D eigenvalue weighted by Gasteiger charge is -2.17. The minimum Gasteiger partial charge on any atom is -0.481 e. The van der Waals surface area contributed by atoms with Gasteiger partial charge < -0.3 is 15.7 Å². The van der Waals surface area contributed by atoms with Crippen LogP contribution >= 0.6 is 0 Å². The SMILES string of the molecule is CNc1cccc(C(CC(=O)O)NC(C)=O)c1. The van der Waals surface area contributed by atoms with Crippen LogP contribution in [0.25, 0.3) is 0 Å². The number of hydrogen-bond donors (Lipinski definition) is 3. The van der Waals surface area contributed by atoms with Gasteiger partial charge in [-0.05, 0) is 17.7 Å². The van der Waals surface area contributed by atoms with Crippen LogP contribution in [0.3, 0.4) is 0 Å². The summed E-state index contributed by atoms with van der Waals surface area (Å²) in [5.41, 5.74) is 1.65. The fourth-order valence-electron chi connectivity index (χ4n) is 1.58. The summed E-state index contributed by atoms with van der Waals surface area (Å²) in [5.74, 6) is -1.19. The number of carboxylic acids is 1. The van der Waals surface area contributed by atoms with Crippen LogP contribution in [0.4, 0.5) is 5.69 Å². The summed E-state index contributed by atoms with van der Waals surface area (Å²) in [6.45, 7) is 1.37. The highest BCUT2D eigenvalue weighted by atomic mass is 16.4. The monoisotopic (exact) mass is 236 g/mol. The van der Waals surface area contributed by atoms with Crippen molar-refractivity contribution >= 4 is 17.6 Å². The molecule has 0 bridgehead atoms. The van der Waals surface area contributed by atoms with E-state index >= 15 is 0 Å². The Kier molecular flexibility index (Phi) is 4.51. The number of nitrogens with one attached hydrogen (secondary N) is 2. The van der Waals surface area contributed by atoms with Crippen LogP contribution < -0.4 is 10.6 Å². The fraction of sp³-hybridized carbons (Fsp3) is 0.333. The Morgan fingerprint density at radius 2 is 2.12 bits per heavy atom. The second-order valence-corrected chi connectivity index (χ2v) is 3.73. The van der Waals surface area contributed by atoms with Gasteiger partial charge in [0, 0.05) is 19.7 Å². The maximum Gasteiger partial charge on any atom is 0.305 e. The summed E-state index contributed by atoms with van der Waals surface area (Å²) in [4.78, 5) is 21.8. The number of aliphatic carboxylic acids is 1. The van der Waals surface area contributed by atoms with E-state index in [0.717, 1.165) is 11.3 Å². The Morgan fingerprint density at radius 3 is 2.65 bits per heavy atom. The van der Waals surface area contributed by atoms with E-state index in [1.165, 1.54) is 6.92 Å². The third-order valence-electron chi connectivity index (χ3n) is 2.33. The second kappa shape index (κ2) is 5.89. The highest BCUT2D eigenvalue weighted by Gasteiger charge is 2.16. The third kappa shape index (κ3) is 4.14. The predicted octanol–water partition coefficient (Wildman–Crippen LogP) is 1.38. The molecule has 0 radical (unpaired) electrons. The molecule has 0 spiro atoms. The Morgan fingerprint density at radius 1 is 1.41 bits per heavy atom. The number of hydrogen-bond acceptors (Lipinski definition) is 3. The van der Waals surface area contributed by atoms with Crippen molar-refractivity contribution in [3.63, 3.8) is 0 Å². The molecule has 1 amide bonds. The minimum absolute atomic E-state index is 0.132. The summed E-state index contributed by atoms with van der Waals surface area (Å²) in [5, 5.41) is 14.4. The molecule has 0 aliphatic rings. The largest absolute Gasteiger partial charge is 0.481 e. The van der Waals surface area contributed by atoms with Crippen molar-refractivity contribution in [1.82, 2.24) is 5.32 Å². The summed E-state index contributed by atoms with van der Waals surface area (Å²) in [6.07, 6.45) is -0.132. The molecule has 0 saturated heterocycles. The molecule has 0 aromatic heterocycles. The van der Waals surface area contributed by atoms with Crippen LogP contribution in [0, 0.1) is 0 Å². The predicted molar refractivity (Wildman–Crippen MR) is 64.8 cm³/mol. The number of carbonyl (C=O) groups excluding carboxylic acids is 1. The third-order valence-corrected chi connectivity index (χ3v) is 2.33. The summed E-state index contributed by atoms with van der Waals surface area (Å²) in [7, 11) is 1.78. The van der Waals surface area contributed by atoms with Gasteiger partial charge in [-0.25, -0.2) is 0 Å². The molecule has 0 fully saturated rings. The van der Waals surface area contributed by atoms with Crippen molar-refractivity contribution in [2.24, 2.45) is 0 Å². The number of amides is 1. The molecule has 5 heteroatoms. The number of benzene rings is 1. The maximum atomic E-state index is 11.0. The van der Waals surface area contributed by atoms with Crippen molar-refractivity contribution in [3.8, 4) is 0 Å². The molecular weight excluding hydrogens is 220 g/mol. The van der Waals surface area contributed by atoms with Crippen LogP contribution in [0.15, 0.2) is 24.3 Å². The van der Waals surface area contributed by atoms with Crippen LogP contribution in [-0.2, 0) is 9.59 Å². The number of rotatable bonds is 5. The number of carbonyl (C=O) groups is 2. The van der Waals surface area contributed by atoms with Crippen molar-refractivity contribution in [2.75, 3.05) is 12.4 Å². The summed E-state index contributed by atoms with van der Waals surface area (Å²) in [6, 6.07) is 6.80. The minimum atomic E-state index is -0.946. The molecule has 1 aromatic carbocycles. The van der Waals surface area contributed by atoms with E-state index in [4.69, 9.17) is 5.11 Å². The van der Waals surface area contributed by atoms with E-state index in [2.05, 4.69) is 10.6 Å². The molecule has 1 rings (SSSR count). The molecule has 0 aliphatic carbocycles. The molecular formula is C12H16N2O3. The van der Waals surface area contributed by atoms with Gasteiger partial charge in [-0.1, -0.05) is 12.1 Å². The first-order valence-electron chi connectivity index (χ1n) is 5.29. The smallest absolute Gasteiger partial charge is 0.305 e. The molecule has 0 heterocycles. The summed E-state index contributed by atoms with van der Waals surface area (Å²) < 4.78 is 0. The zero-order valence-corrected chi connectivity index (χ0v) is 9.86. The van der Waals surface area contributed by atoms with Crippen molar-refractivity contribution in [1.29, 1.82) is 0 Å². The lowest BCUT2D eigenvalue weighted by atomic mass is 10.0. The van der Waals surface area contributed by atoms with Gasteiger partial charge in [-0.2, -0.15) is 0 Å².